The van der Waals surface area contributed by atoms with Crippen molar-refractivity contribution in [3.8, 4) is 0 Å². The normalized spacial score (nSPS) is 23.5. The molecular formula is C18H27N7. The Morgan fingerprint density at radius 1 is 0.920 bits per heavy atom. The second kappa shape index (κ2) is 6.52. The number of hydrogen-bond donors (Lipinski definition) is 0. The predicted octanol–water partition coefficient (Wildman–Crippen LogP) is 2.37. The van der Waals surface area contributed by atoms with Gasteiger partial charge in [0.15, 0.2) is 5.82 Å². The lowest BCUT2D eigenvalue weighted by atomic mass is 9.94. The zero-order valence-corrected chi connectivity index (χ0v) is 14.8. The topological polar surface area (TPSA) is 64.7 Å². The van der Waals surface area contributed by atoms with Crippen LogP contribution in [0, 0.1) is 0 Å². The summed E-state index contributed by atoms with van der Waals surface area (Å²) in [5.41, 5.74) is 0. The van der Waals surface area contributed by atoms with E-state index in [1.54, 1.807) is 12.7 Å². The summed E-state index contributed by atoms with van der Waals surface area (Å²) in [5, 5.41) is 13.4. The van der Waals surface area contributed by atoms with Crippen LogP contribution in [0.2, 0.25) is 0 Å². The Labute approximate surface area is 148 Å². The van der Waals surface area contributed by atoms with E-state index in [1.165, 1.54) is 70.3 Å². The second-order valence-corrected chi connectivity index (χ2v) is 7.92. The van der Waals surface area contributed by atoms with Crippen LogP contribution in [0.15, 0.2) is 12.7 Å². The number of rotatable bonds is 5. The van der Waals surface area contributed by atoms with Crippen LogP contribution in [-0.2, 0) is 6.54 Å². The van der Waals surface area contributed by atoms with Crippen LogP contribution in [0.1, 0.15) is 75.0 Å². The van der Waals surface area contributed by atoms with Crippen LogP contribution < -0.4 is 0 Å². The largest absolute Gasteiger partial charge is 0.310 e. The van der Waals surface area contributed by atoms with Crippen molar-refractivity contribution in [2.75, 3.05) is 13.1 Å². The Morgan fingerprint density at radius 2 is 1.72 bits per heavy atom. The maximum absolute atomic E-state index is 4.64. The molecule has 0 radical (unpaired) electrons. The highest BCUT2D eigenvalue weighted by molar-refractivity contribution is 5.09. The zero-order valence-electron chi connectivity index (χ0n) is 14.8. The summed E-state index contributed by atoms with van der Waals surface area (Å²) >= 11 is 0. The molecule has 0 N–H and O–H groups in total. The van der Waals surface area contributed by atoms with E-state index in [4.69, 9.17) is 0 Å². The highest BCUT2D eigenvalue weighted by Crippen LogP contribution is 2.40. The molecule has 0 atom stereocenters. The minimum atomic E-state index is 0.565. The van der Waals surface area contributed by atoms with Crippen molar-refractivity contribution in [2.24, 2.45) is 0 Å². The maximum Gasteiger partial charge on any atom is 0.155 e. The summed E-state index contributed by atoms with van der Waals surface area (Å²) < 4.78 is 4.27. The first kappa shape index (κ1) is 15.5. The monoisotopic (exact) mass is 341 g/mol. The molecule has 0 amide bonds. The fourth-order valence-electron chi connectivity index (χ4n) is 4.71. The first-order valence-electron chi connectivity index (χ1n) is 9.88. The van der Waals surface area contributed by atoms with Gasteiger partial charge in [-0.1, -0.05) is 12.8 Å². The fourth-order valence-corrected chi connectivity index (χ4v) is 4.71. The molecule has 3 heterocycles. The van der Waals surface area contributed by atoms with Gasteiger partial charge in [0.05, 0.1) is 0 Å². The highest BCUT2D eigenvalue weighted by Gasteiger charge is 2.34. The van der Waals surface area contributed by atoms with Crippen molar-refractivity contribution in [1.82, 2.24) is 34.4 Å². The Hall–Kier alpha value is -1.76. The van der Waals surface area contributed by atoms with Crippen molar-refractivity contribution in [2.45, 2.75) is 75.9 Å². The van der Waals surface area contributed by atoms with Crippen molar-refractivity contribution >= 4 is 0 Å². The average Bonchev–Trinajstić information content (AvgIpc) is 3.09. The molecule has 1 aliphatic heterocycles. The number of nitrogens with zero attached hydrogens (tertiary/aromatic N) is 7. The smallest absolute Gasteiger partial charge is 0.155 e. The third-order valence-electron chi connectivity index (χ3n) is 6.21. The van der Waals surface area contributed by atoms with E-state index >= 15 is 0 Å². The molecule has 2 aliphatic carbocycles. The maximum atomic E-state index is 4.64. The van der Waals surface area contributed by atoms with E-state index in [2.05, 4.69) is 29.7 Å². The van der Waals surface area contributed by atoms with Crippen molar-refractivity contribution in [1.29, 1.82) is 0 Å². The molecule has 1 saturated heterocycles. The van der Waals surface area contributed by atoms with Crippen LogP contribution in [0.4, 0.5) is 0 Å². The van der Waals surface area contributed by atoms with Gasteiger partial charge in [0, 0.05) is 18.0 Å². The molecule has 134 valence electrons. The molecule has 5 rings (SSSR count). The van der Waals surface area contributed by atoms with Gasteiger partial charge >= 0.3 is 0 Å². The molecule has 3 fully saturated rings. The van der Waals surface area contributed by atoms with Gasteiger partial charge in [-0.25, -0.2) is 9.67 Å². The quantitative estimate of drug-likeness (QED) is 0.835. The number of hydrogen-bond acceptors (Lipinski definition) is 5. The third-order valence-corrected chi connectivity index (χ3v) is 6.21. The van der Waals surface area contributed by atoms with Gasteiger partial charge in [-0.3, -0.25) is 0 Å². The molecule has 3 aliphatic rings. The van der Waals surface area contributed by atoms with Crippen LogP contribution in [0.5, 0.6) is 0 Å². The van der Waals surface area contributed by atoms with E-state index in [1.807, 2.05) is 4.68 Å². The van der Waals surface area contributed by atoms with E-state index in [-0.39, 0.29) is 0 Å². The van der Waals surface area contributed by atoms with E-state index in [0.717, 1.165) is 11.9 Å². The van der Waals surface area contributed by atoms with E-state index < -0.39 is 0 Å². The third kappa shape index (κ3) is 3.10. The Balaban J connectivity index is 1.31. The summed E-state index contributed by atoms with van der Waals surface area (Å²) in [5.74, 6) is 2.83. The first-order valence-corrected chi connectivity index (χ1v) is 9.88. The van der Waals surface area contributed by atoms with Gasteiger partial charge in [0.1, 0.15) is 25.0 Å². The molecule has 25 heavy (non-hydrogen) atoms. The van der Waals surface area contributed by atoms with Crippen molar-refractivity contribution < 1.29 is 0 Å². The number of aromatic nitrogens is 6. The SMILES string of the molecule is c1ncn(Cc2nnc(C3CCN(C4CCCC4)CC3)n2C2CC2)n1. The molecule has 7 nitrogen and oxygen atoms in total. The van der Waals surface area contributed by atoms with Gasteiger partial charge in [-0.2, -0.15) is 5.10 Å². The lowest BCUT2D eigenvalue weighted by molar-refractivity contribution is 0.151. The Morgan fingerprint density at radius 3 is 2.40 bits per heavy atom. The lowest BCUT2D eigenvalue weighted by Crippen LogP contribution is -2.40. The van der Waals surface area contributed by atoms with Gasteiger partial charge < -0.3 is 9.47 Å². The standard InChI is InChI=1S/C18H27N7/c1-2-4-15(3-1)23-9-7-14(8-10-23)18-22-21-17(25(18)16-5-6-16)11-24-13-19-12-20-24/h12-16H,1-11H2. The minimum absolute atomic E-state index is 0.565. The van der Waals surface area contributed by atoms with E-state index in [9.17, 15) is 0 Å². The Kier molecular flexibility index (Phi) is 4.04. The minimum Gasteiger partial charge on any atom is -0.310 e. The fraction of sp³-hybridized carbons (Fsp3) is 0.778. The summed E-state index contributed by atoms with van der Waals surface area (Å²) in [6, 6.07) is 1.46. The summed E-state index contributed by atoms with van der Waals surface area (Å²) in [6.07, 6.45) is 14.0. The number of piperidine rings is 1. The average molecular weight is 341 g/mol. The molecule has 2 aromatic heterocycles. The lowest BCUT2D eigenvalue weighted by Gasteiger charge is -2.35. The van der Waals surface area contributed by atoms with Gasteiger partial charge in [-0.15, -0.1) is 10.2 Å². The molecule has 0 spiro atoms. The molecular weight excluding hydrogens is 314 g/mol. The van der Waals surface area contributed by atoms with Crippen molar-refractivity contribution in [3.63, 3.8) is 0 Å². The van der Waals surface area contributed by atoms with E-state index in [0.29, 0.717) is 18.5 Å². The zero-order chi connectivity index (χ0) is 16.6. The van der Waals surface area contributed by atoms with Crippen molar-refractivity contribution in [3.05, 3.63) is 24.3 Å². The summed E-state index contributed by atoms with van der Waals surface area (Å²) in [6.45, 7) is 3.13. The molecule has 0 unspecified atom stereocenters. The first-order chi connectivity index (χ1) is 12.4. The summed E-state index contributed by atoms with van der Waals surface area (Å²) in [4.78, 5) is 6.77. The molecule has 2 aromatic rings. The predicted molar refractivity (Wildman–Crippen MR) is 93.2 cm³/mol. The van der Waals surface area contributed by atoms with Crippen LogP contribution >= 0.6 is 0 Å². The molecule has 0 bridgehead atoms. The summed E-state index contributed by atoms with van der Waals surface area (Å²) in [7, 11) is 0. The van der Waals surface area contributed by atoms with Gasteiger partial charge in [0.25, 0.3) is 0 Å². The molecule has 2 saturated carbocycles. The van der Waals surface area contributed by atoms with Gasteiger partial charge in [-0.05, 0) is 51.6 Å². The van der Waals surface area contributed by atoms with Crippen LogP contribution in [-0.4, -0.2) is 53.6 Å². The number of likely N-dealkylation sites (tertiary alicyclic amines) is 1. The molecule has 0 aromatic carbocycles. The van der Waals surface area contributed by atoms with Gasteiger partial charge in [0.2, 0.25) is 0 Å². The highest BCUT2D eigenvalue weighted by atomic mass is 15.4. The second-order valence-electron chi connectivity index (χ2n) is 7.92. The molecule has 7 heteroatoms. The Bertz CT molecular complexity index is 689. The van der Waals surface area contributed by atoms with Crippen LogP contribution in [0.3, 0.4) is 0 Å². The van der Waals surface area contributed by atoms with Crippen LogP contribution in [0.25, 0.3) is 0 Å².